The van der Waals surface area contributed by atoms with E-state index in [1.165, 1.54) is 5.57 Å². The third-order valence-electron chi connectivity index (χ3n) is 6.85. The summed E-state index contributed by atoms with van der Waals surface area (Å²) in [6, 6.07) is 0. The number of rotatable bonds is 0. The van der Waals surface area contributed by atoms with Gasteiger partial charge in [-0.05, 0) is 23.8 Å². The molecule has 1 saturated heterocycles. The van der Waals surface area contributed by atoms with E-state index in [1.54, 1.807) is 6.08 Å². The van der Waals surface area contributed by atoms with Gasteiger partial charge < -0.3 is 9.47 Å². The van der Waals surface area contributed by atoms with Gasteiger partial charge in [-0.1, -0.05) is 27.7 Å². The van der Waals surface area contributed by atoms with Gasteiger partial charge in [0.25, 0.3) is 0 Å². The van der Waals surface area contributed by atoms with Gasteiger partial charge in [0.05, 0.1) is 6.10 Å². The number of hydrogen-bond donors (Lipinski definition) is 0. The van der Waals surface area contributed by atoms with Crippen LogP contribution in [0.3, 0.4) is 0 Å². The largest absolute Gasteiger partial charge is 0.452 e. The monoisotopic (exact) mass is 248 g/mol. The van der Waals surface area contributed by atoms with Crippen molar-refractivity contribution in [2.24, 2.45) is 22.7 Å². The second-order valence-electron chi connectivity index (χ2n) is 6.97. The quantitative estimate of drug-likeness (QED) is 0.617. The highest BCUT2D eigenvalue weighted by Gasteiger charge is 2.76. The van der Waals surface area contributed by atoms with E-state index in [1.807, 2.05) is 0 Å². The third-order valence-corrected chi connectivity index (χ3v) is 6.85. The van der Waals surface area contributed by atoms with Crippen LogP contribution in [0.4, 0.5) is 0 Å². The van der Waals surface area contributed by atoms with Gasteiger partial charge in [-0.2, -0.15) is 0 Å². The summed E-state index contributed by atoms with van der Waals surface area (Å²) in [6.07, 6.45) is 3.11. The maximum absolute atomic E-state index is 11.6. The summed E-state index contributed by atoms with van der Waals surface area (Å²) >= 11 is 0. The molecule has 0 spiro atoms. The summed E-state index contributed by atoms with van der Waals surface area (Å²) in [4.78, 5) is 11.6. The first-order chi connectivity index (χ1) is 8.40. The van der Waals surface area contributed by atoms with Crippen molar-refractivity contribution in [2.75, 3.05) is 0 Å². The Morgan fingerprint density at radius 2 is 2.00 bits per heavy atom. The normalized spacial score (nSPS) is 60.6. The summed E-state index contributed by atoms with van der Waals surface area (Å²) in [7, 11) is 0. The Kier molecular flexibility index (Phi) is 1.74. The maximum atomic E-state index is 11.6. The van der Waals surface area contributed by atoms with E-state index in [0.717, 1.165) is 6.42 Å². The number of fused-ring (bicyclic) bond motifs is 2. The first-order valence-corrected chi connectivity index (χ1v) is 6.98. The molecule has 0 aromatic carbocycles. The van der Waals surface area contributed by atoms with Gasteiger partial charge in [-0.15, -0.1) is 0 Å². The third kappa shape index (κ3) is 0.841. The molecule has 2 aliphatic heterocycles. The van der Waals surface area contributed by atoms with E-state index in [-0.39, 0.29) is 29.0 Å². The van der Waals surface area contributed by atoms with Gasteiger partial charge in [-0.25, -0.2) is 4.79 Å². The molecule has 18 heavy (non-hydrogen) atoms. The van der Waals surface area contributed by atoms with E-state index < -0.39 is 0 Å². The van der Waals surface area contributed by atoms with Crippen LogP contribution < -0.4 is 0 Å². The van der Waals surface area contributed by atoms with Crippen molar-refractivity contribution in [3.05, 3.63) is 11.6 Å². The van der Waals surface area contributed by atoms with Crippen LogP contribution in [0, 0.1) is 22.7 Å². The van der Waals surface area contributed by atoms with Crippen LogP contribution in [-0.2, 0) is 14.3 Å². The van der Waals surface area contributed by atoms with E-state index in [9.17, 15) is 4.79 Å². The highest BCUT2D eigenvalue weighted by molar-refractivity contribution is 5.86. The van der Waals surface area contributed by atoms with Gasteiger partial charge in [0.15, 0.2) is 6.10 Å². The highest BCUT2D eigenvalue weighted by Crippen LogP contribution is 2.73. The molecule has 0 radical (unpaired) electrons. The van der Waals surface area contributed by atoms with E-state index in [4.69, 9.17) is 9.47 Å². The van der Waals surface area contributed by atoms with Crippen LogP contribution in [0.15, 0.2) is 11.6 Å². The Morgan fingerprint density at radius 3 is 2.72 bits per heavy atom. The van der Waals surface area contributed by atoms with Gasteiger partial charge in [0, 0.05) is 16.9 Å². The number of ether oxygens (including phenoxy) is 2. The predicted octanol–water partition coefficient (Wildman–Crippen LogP) is 2.31. The van der Waals surface area contributed by atoms with Crippen LogP contribution in [-0.4, -0.2) is 24.3 Å². The lowest BCUT2D eigenvalue weighted by Gasteiger charge is -2.52. The zero-order chi connectivity index (χ0) is 12.9. The van der Waals surface area contributed by atoms with Crippen LogP contribution in [0.25, 0.3) is 0 Å². The molecular weight excluding hydrogens is 228 g/mol. The summed E-state index contributed by atoms with van der Waals surface area (Å²) in [5, 5.41) is 0. The van der Waals surface area contributed by atoms with Gasteiger partial charge in [-0.3, -0.25) is 0 Å². The fourth-order valence-electron chi connectivity index (χ4n) is 5.32. The smallest absolute Gasteiger partial charge is 0.331 e. The number of hydrogen-bond acceptors (Lipinski definition) is 3. The average Bonchev–Trinajstić information content (AvgIpc) is 2.84. The molecule has 4 rings (SSSR count). The molecule has 3 heteroatoms. The van der Waals surface area contributed by atoms with Crippen LogP contribution >= 0.6 is 0 Å². The Bertz CT molecular complexity index is 482. The lowest BCUT2D eigenvalue weighted by atomic mass is 9.51. The molecule has 3 fully saturated rings. The second kappa shape index (κ2) is 2.84. The minimum atomic E-state index is -0.186. The molecule has 3 nitrogen and oxygen atoms in total. The van der Waals surface area contributed by atoms with Crippen LogP contribution in [0.1, 0.15) is 34.1 Å². The summed E-state index contributed by atoms with van der Waals surface area (Å²) in [5.74, 6) is 0.816. The fraction of sp³-hybridized carbons (Fsp3) is 0.800. The molecule has 0 unspecified atom stereocenters. The van der Waals surface area contributed by atoms with Crippen molar-refractivity contribution in [2.45, 2.75) is 52.4 Å². The lowest BCUT2D eigenvalue weighted by molar-refractivity contribution is -0.156. The van der Waals surface area contributed by atoms with Crippen molar-refractivity contribution < 1.29 is 14.3 Å². The highest BCUT2D eigenvalue weighted by atomic mass is 16.6. The van der Waals surface area contributed by atoms with Crippen molar-refractivity contribution >= 4 is 5.97 Å². The van der Waals surface area contributed by atoms with E-state index >= 15 is 0 Å². The Labute approximate surface area is 108 Å². The minimum absolute atomic E-state index is 0.0603. The first-order valence-electron chi connectivity index (χ1n) is 6.98. The van der Waals surface area contributed by atoms with Crippen molar-refractivity contribution in [3.8, 4) is 0 Å². The van der Waals surface area contributed by atoms with Crippen molar-refractivity contribution in [1.29, 1.82) is 0 Å². The number of esters is 1. The molecule has 0 aromatic heterocycles. The minimum Gasteiger partial charge on any atom is -0.452 e. The van der Waals surface area contributed by atoms with E-state index in [0.29, 0.717) is 17.9 Å². The molecule has 0 amide bonds. The lowest BCUT2D eigenvalue weighted by Crippen LogP contribution is -2.55. The maximum Gasteiger partial charge on any atom is 0.331 e. The molecule has 4 aliphatic rings. The average molecular weight is 248 g/mol. The molecule has 2 saturated carbocycles. The molecule has 0 N–H and O–H groups in total. The molecule has 2 aliphatic carbocycles. The number of carbonyl (C=O) groups excluding carboxylic acids is 1. The molecule has 4 bridgehead atoms. The molecular formula is C15H20O3. The zero-order valence-corrected chi connectivity index (χ0v) is 11.4. The Balaban J connectivity index is 1.92. The Hall–Kier alpha value is -0.830. The van der Waals surface area contributed by atoms with Gasteiger partial charge >= 0.3 is 5.97 Å². The standard InChI is InChI=1S/C15H20O3/c1-7-5-10-15(4)8(2)9-6-11(16)18-12(9)13(17-10)14(7,15)3/h6-8,10,12-13H,5H2,1-4H3/t7-,8-,10-,12+,13-,14-,15-/m1/s1. The van der Waals surface area contributed by atoms with Crippen LogP contribution in [0.5, 0.6) is 0 Å². The molecule has 0 aromatic rings. The molecule has 98 valence electrons. The summed E-state index contributed by atoms with van der Waals surface area (Å²) in [6.45, 7) is 9.27. The molecule has 7 atom stereocenters. The first kappa shape index (κ1) is 11.0. The van der Waals surface area contributed by atoms with Crippen molar-refractivity contribution in [1.82, 2.24) is 0 Å². The van der Waals surface area contributed by atoms with E-state index in [2.05, 4.69) is 27.7 Å². The number of carbonyl (C=O) groups is 1. The zero-order valence-electron chi connectivity index (χ0n) is 11.4. The topological polar surface area (TPSA) is 35.5 Å². The van der Waals surface area contributed by atoms with Gasteiger partial charge in [0.2, 0.25) is 0 Å². The fourth-order valence-corrected chi connectivity index (χ4v) is 5.32. The van der Waals surface area contributed by atoms with Crippen molar-refractivity contribution in [3.63, 3.8) is 0 Å². The summed E-state index contributed by atoms with van der Waals surface area (Å²) in [5.41, 5.74) is 1.44. The predicted molar refractivity (Wildman–Crippen MR) is 65.8 cm³/mol. The second-order valence-corrected chi connectivity index (χ2v) is 6.97. The summed E-state index contributed by atoms with van der Waals surface area (Å²) < 4.78 is 11.8. The SMILES string of the molecule is C[C@@H]1C[C@H]2O[C@@H]3[C@H]4OC(=O)C=C4[C@@H](C)[C@@]2(C)[C@]13C. The molecule has 2 heterocycles. The Morgan fingerprint density at radius 1 is 1.28 bits per heavy atom. The van der Waals surface area contributed by atoms with Gasteiger partial charge in [0.1, 0.15) is 6.10 Å². The van der Waals surface area contributed by atoms with Crippen LogP contribution in [0.2, 0.25) is 0 Å².